The van der Waals surface area contributed by atoms with E-state index in [-0.39, 0.29) is 18.5 Å². The van der Waals surface area contributed by atoms with Crippen molar-refractivity contribution in [2.45, 2.75) is 219 Å². The topological polar surface area (TPSA) is 63.6 Å². The smallest absolute Gasteiger partial charge is 0.306 e. The van der Waals surface area contributed by atoms with Crippen molar-refractivity contribution in [3.05, 3.63) is 60.8 Å². The zero-order chi connectivity index (χ0) is 36.4. The number of carbonyl (C=O) groups excluding carboxylic acids is 1. The molecule has 0 bridgehead atoms. The highest BCUT2D eigenvalue weighted by atomic mass is 16.5. The van der Waals surface area contributed by atoms with Gasteiger partial charge in [0.25, 0.3) is 0 Å². The third-order valence-corrected chi connectivity index (χ3v) is 9.25. The fourth-order valence-electron chi connectivity index (χ4n) is 6.15. The second kappa shape index (κ2) is 41.1. The second-order valence-corrected chi connectivity index (χ2v) is 14.2. The summed E-state index contributed by atoms with van der Waals surface area (Å²) in [7, 11) is 0. The Morgan fingerprint density at radius 1 is 0.460 bits per heavy atom. The van der Waals surface area contributed by atoms with Crippen LogP contribution in [0.1, 0.15) is 213 Å². The van der Waals surface area contributed by atoms with E-state index in [2.05, 4.69) is 74.6 Å². The van der Waals surface area contributed by atoms with Crippen LogP contribution in [0.2, 0.25) is 0 Å². The van der Waals surface area contributed by atoms with E-state index >= 15 is 0 Å². The lowest BCUT2D eigenvalue weighted by molar-refractivity contribution is -0.150. The Hall–Kier alpha value is -2.36. The van der Waals surface area contributed by atoms with Crippen LogP contribution in [-0.4, -0.2) is 23.1 Å². The van der Waals surface area contributed by atoms with Crippen LogP contribution in [0.15, 0.2) is 60.8 Å². The van der Waals surface area contributed by atoms with Crippen molar-refractivity contribution in [3.63, 3.8) is 0 Å². The van der Waals surface area contributed by atoms with Crippen LogP contribution >= 0.6 is 0 Å². The minimum absolute atomic E-state index is 0.0162. The fourth-order valence-corrected chi connectivity index (χ4v) is 6.15. The SMILES string of the molecule is CC/C=C\C/C=C\C/C=C\C/C=C\C/C=C\CCCCCC(=O)OC(CCCCCCCCCCCCCC)CCCCCCCCC(=O)O. The number of rotatable bonds is 38. The molecular formula is C46H80O4. The highest BCUT2D eigenvalue weighted by Gasteiger charge is 2.14. The number of carbonyl (C=O) groups is 2. The summed E-state index contributed by atoms with van der Waals surface area (Å²) in [6.45, 7) is 4.44. The van der Waals surface area contributed by atoms with Crippen molar-refractivity contribution in [2.24, 2.45) is 0 Å². The van der Waals surface area contributed by atoms with Crippen molar-refractivity contribution in [1.29, 1.82) is 0 Å². The van der Waals surface area contributed by atoms with Gasteiger partial charge in [-0.3, -0.25) is 9.59 Å². The molecule has 0 fully saturated rings. The Labute approximate surface area is 310 Å². The van der Waals surface area contributed by atoms with Crippen LogP contribution in [0.25, 0.3) is 0 Å². The molecule has 0 aliphatic carbocycles. The third-order valence-electron chi connectivity index (χ3n) is 9.25. The molecule has 0 aliphatic rings. The van der Waals surface area contributed by atoms with Crippen LogP contribution in [0.4, 0.5) is 0 Å². The van der Waals surface area contributed by atoms with Crippen molar-refractivity contribution in [2.75, 3.05) is 0 Å². The summed E-state index contributed by atoms with van der Waals surface area (Å²) in [6, 6.07) is 0. The van der Waals surface area contributed by atoms with Crippen molar-refractivity contribution >= 4 is 11.9 Å². The van der Waals surface area contributed by atoms with Gasteiger partial charge >= 0.3 is 11.9 Å². The maximum Gasteiger partial charge on any atom is 0.306 e. The number of carboxylic acid groups (broad SMARTS) is 1. The van der Waals surface area contributed by atoms with Crippen LogP contribution in [0, 0.1) is 0 Å². The molecule has 1 unspecified atom stereocenters. The number of ether oxygens (including phenoxy) is 1. The standard InChI is InChI=1S/C46H80O4/c1-3-5-7-9-11-13-15-17-18-19-20-21-22-23-25-27-29-35-39-43-46(49)50-44(41-37-33-30-31-34-38-42-45(47)48)40-36-32-28-26-24-16-14-12-10-8-6-4-2/h5,7,11,13,17-18,20-21,23,25,44H,3-4,6,8-10,12,14-16,19,22,24,26-43H2,1-2H3,(H,47,48)/b7-5-,13-11-,18-17-,21-20-,25-23-. The molecule has 0 rings (SSSR count). The van der Waals surface area contributed by atoms with Crippen LogP contribution in [0.5, 0.6) is 0 Å². The molecule has 4 nitrogen and oxygen atoms in total. The van der Waals surface area contributed by atoms with Gasteiger partial charge in [-0.15, -0.1) is 0 Å². The largest absolute Gasteiger partial charge is 0.481 e. The molecular weight excluding hydrogens is 617 g/mol. The lowest BCUT2D eigenvalue weighted by atomic mass is 10.0. The summed E-state index contributed by atoms with van der Waals surface area (Å²) < 4.78 is 6.02. The summed E-state index contributed by atoms with van der Waals surface area (Å²) in [4.78, 5) is 23.4. The van der Waals surface area contributed by atoms with Gasteiger partial charge in [0.15, 0.2) is 0 Å². The Balaban J connectivity index is 4.12. The van der Waals surface area contributed by atoms with Gasteiger partial charge < -0.3 is 9.84 Å². The number of carboxylic acids is 1. The quantitative estimate of drug-likeness (QED) is 0.0396. The number of allylic oxidation sites excluding steroid dienone is 10. The number of unbranched alkanes of at least 4 members (excludes halogenated alkanes) is 19. The molecule has 0 radical (unpaired) electrons. The molecule has 1 N–H and O–H groups in total. The predicted molar refractivity (Wildman–Crippen MR) is 218 cm³/mol. The second-order valence-electron chi connectivity index (χ2n) is 14.2. The Bertz CT molecular complexity index is 881. The summed E-state index contributed by atoms with van der Waals surface area (Å²) in [5.74, 6) is -0.713. The Kier molecular flexibility index (Phi) is 39.1. The van der Waals surface area contributed by atoms with E-state index in [0.717, 1.165) is 116 Å². The van der Waals surface area contributed by atoms with Gasteiger partial charge in [0.2, 0.25) is 0 Å². The van der Waals surface area contributed by atoms with Gasteiger partial charge in [-0.2, -0.15) is 0 Å². The fraction of sp³-hybridized carbons (Fsp3) is 0.739. The maximum absolute atomic E-state index is 12.7. The highest BCUT2D eigenvalue weighted by Crippen LogP contribution is 2.19. The molecule has 0 aromatic heterocycles. The van der Waals surface area contributed by atoms with Crippen LogP contribution < -0.4 is 0 Å². The van der Waals surface area contributed by atoms with E-state index in [1.165, 1.54) is 70.6 Å². The molecule has 50 heavy (non-hydrogen) atoms. The Morgan fingerprint density at radius 3 is 1.30 bits per heavy atom. The molecule has 0 saturated carbocycles. The van der Waals surface area contributed by atoms with E-state index in [1.54, 1.807) is 0 Å². The number of esters is 1. The number of hydrogen-bond donors (Lipinski definition) is 1. The lowest BCUT2D eigenvalue weighted by Gasteiger charge is -2.18. The first-order chi connectivity index (χ1) is 24.6. The summed E-state index contributed by atoms with van der Waals surface area (Å²) in [5.41, 5.74) is 0. The van der Waals surface area contributed by atoms with Gasteiger partial charge in [-0.25, -0.2) is 0 Å². The average molecular weight is 697 g/mol. The maximum atomic E-state index is 12.7. The molecule has 0 saturated heterocycles. The van der Waals surface area contributed by atoms with E-state index in [0.29, 0.717) is 6.42 Å². The van der Waals surface area contributed by atoms with Crippen LogP contribution in [0.3, 0.4) is 0 Å². The summed E-state index contributed by atoms with van der Waals surface area (Å²) in [5, 5.41) is 8.81. The van der Waals surface area contributed by atoms with Crippen molar-refractivity contribution < 1.29 is 19.4 Å². The van der Waals surface area contributed by atoms with E-state index in [4.69, 9.17) is 9.84 Å². The number of hydrogen-bond acceptors (Lipinski definition) is 3. The monoisotopic (exact) mass is 697 g/mol. The predicted octanol–water partition coefficient (Wildman–Crippen LogP) is 14.9. The molecule has 0 amide bonds. The van der Waals surface area contributed by atoms with Crippen molar-refractivity contribution in [1.82, 2.24) is 0 Å². The lowest BCUT2D eigenvalue weighted by Crippen LogP contribution is -2.18. The summed E-state index contributed by atoms with van der Waals surface area (Å²) in [6.07, 6.45) is 56.7. The first-order valence-corrected chi connectivity index (χ1v) is 21.3. The molecule has 4 heteroatoms. The first-order valence-electron chi connectivity index (χ1n) is 21.3. The summed E-state index contributed by atoms with van der Waals surface area (Å²) >= 11 is 0. The zero-order valence-corrected chi connectivity index (χ0v) is 32.9. The minimum Gasteiger partial charge on any atom is -0.481 e. The third kappa shape index (κ3) is 40.1. The molecule has 288 valence electrons. The van der Waals surface area contributed by atoms with E-state index in [1.807, 2.05) is 0 Å². The van der Waals surface area contributed by atoms with Gasteiger partial charge in [0, 0.05) is 12.8 Å². The van der Waals surface area contributed by atoms with Crippen LogP contribution in [-0.2, 0) is 14.3 Å². The highest BCUT2D eigenvalue weighted by molar-refractivity contribution is 5.69. The Morgan fingerprint density at radius 2 is 0.840 bits per heavy atom. The molecule has 0 aromatic carbocycles. The molecule has 0 aromatic rings. The number of aliphatic carboxylic acids is 1. The first kappa shape index (κ1) is 47.6. The zero-order valence-electron chi connectivity index (χ0n) is 32.9. The molecule has 0 aliphatic heterocycles. The van der Waals surface area contributed by atoms with Gasteiger partial charge in [-0.05, 0) is 83.5 Å². The minimum atomic E-state index is -0.696. The van der Waals surface area contributed by atoms with Crippen molar-refractivity contribution in [3.8, 4) is 0 Å². The van der Waals surface area contributed by atoms with Gasteiger partial charge in [0.1, 0.15) is 6.10 Å². The van der Waals surface area contributed by atoms with E-state index < -0.39 is 5.97 Å². The van der Waals surface area contributed by atoms with E-state index in [9.17, 15) is 9.59 Å². The molecule has 0 spiro atoms. The molecule has 0 heterocycles. The van der Waals surface area contributed by atoms with Gasteiger partial charge in [-0.1, -0.05) is 177 Å². The van der Waals surface area contributed by atoms with Gasteiger partial charge in [0.05, 0.1) is 0 Å². The normalized spacial score (nSPS) is 12.8. The molecule has 1 atom stereocenters. The average Bonchev–Trinajstić information content (AvgIpc) is 3.10.